The standard InChI is InChI=1S/C28H35N3O4/c32-26-13-22(16-30(26)14-18-6-7-24-25(10-18)35-17-34-24)28(33)31-9-3-4-19-11-20-12-21(27(19)31)15-29-8-2-1-5-23(20)29/h6-7,10-11,20-23,27H,1-5,8-9,12-17H2/t20-,21+,22+,23+,27-/m0/s1. The molecule has 0 radical (unpaired) electrons. The van der Waals surface area contributed by atoms with Gasteiger partial charge in [-0.25, -0.2) is 0 Å². The summed E-state index contributed by atoms with van der Waals surface area (Å²) in [6.07, 6.45) is 10.3. The third kappa shape index (κ3) is 3.74. The van der Waals surface area contributed by atoms with Crippen molar-refractivity contribution in [1.29, 1.82) is 0 Å². The van der Waals surface area contributed by atoms with Crippen molar-refractivity contribution in [2.75, 3.05) is 33.0 Å². The highest BCUT2D eigenvalue weighted by Gasteiger charge is 2.48. The molecular weight excluding hydrogens is 442 g/mol. The average Bonchev–Trinajstić information content (AvgIpc) is 3.49. The summed E-state index contributed by atoms with van der Waals surface area (Å²) in [6, 6.07) is 6.79. The third-order valence-electron chi connectivity index (χ3n) is 9.31. The molecule has 1 aromatic carbocycles. The van der Waals surface area contributed by atoms with Crippen LogP contribution >= 0.6 is 0 Å². The summed E-state index contributed by atoms with van der Waals surface area (Å²) >= 11 is 0. The predicted octanol–water partition coefficient (Wildman–Crippen LogP) is 3.19. The van der Waals surface area contributed by atoms with E-state index in [4.69, 9.17) is 9.47 Å². The number of benzene rings is 1. The van der Waals surface area contributed by atoms with Crippen molar-refractivity contribution >= 4 is 11.8 Å². The number of amides is 2. The average molecular weight is 478 g/mol. The zero-order valence-corrected chi connectivity index (χ0v) is 20.4. The molecule has 0 unspecified atom stereocenters. The van der Waals surface area contributed by atoms with Crippen LogP contribution in [0, 0.1) is 17.8 Å². The monoisotopic (exact) mass is 477 g/mol. The first-order valence-electron chi connectivity index (χ1n) is 13.6. The highest BCUT2D eigenvalue weighted by molar-refractivity contribution is 5.89. The van der Waals surface area contributed by atoms with Crippen molar-refractivity contribution in [3.8, 4) is 11.5 Å². The largest absolute Gasteiger partial charge is 0.454 e. The molecule has 4 fully saturated rings. The van der Waals surface area contributed by atoms with Crippen LogP contribution in [0.15, 0.2) is 29.8 Å². The van der Waals surface area contributed by atoms with E-state index in [2.05, 4.69) is 15.9 Å². The second-order valence-corrected chi connectivity index (χ2v) is 11.4. The summed E-state index contributed by atoms with van der Waals surface area (Å²) in [5.41, 5.74) is 2.52. The Kier molecular flexibility index (Phi) is 5.30. The molecule has 5 atom stereocenters. The Morgan fingerprint density at radius 3 is 2.91 bits per heavy atom. The van der Waals surface area contributed by atoms with Crippen LogP contribution in [0.1, 0.15) is 50.5 Å². The van der Waals surface area contributed by atoms with Gasteiger partial charge in [-0.3, -0.25) is 14.5 Å². The van der Waals surface area contributed by atoms with Gasteiger partial charge in [0.2, 0.25) is 18.6 Å². The highest BCUT2D eigenvalue weighted by atomic mass is 16.7. The van der Waals surface area contributed by atoms with Gasteiger partial charge >= 0.3 is 0 Å². The van der Waals surface area contributed by atoms with Crippen molar-refractivity contribution in [3.63, 3.8) is 0 Å². The van der Waals surface area contributed by atoms with Crippen molar-refractivity contribution < 1.29 is 19.1 Å². The number of carbonyl (C=O) groups excluding carboxylic acids is 2. The Balaban J connectivity index is 1.07. The van der Waals surface area contributed by atoms with Crippen LogP contribution in [-0.4, -0.2) is 71.6 Å². The molecule has 2 amide bonds. The fraction of sp³-hybridized carbons (Fsp3) is 0.643. The van der Waals surface area contributed by atoms with Crippen molar-refractivity contribution in [1.82, 2.24) is 14.7 Å². The van der Waals surface area contributed by atoms with Crippen LogP contribution in [0.4, 0.5) is 0 Å². The van der Waals surface area contributed by atoms with Crippen LogP contribution in [0.5, 0.6) is 11.5 Å². The van der Waals surface area contributed by atoms with E-state index in [9.17, 15) is 9.59 Å². The molecule has 7 heteroatoms. The SMILES string of the molecule is O=C1C[C@@H](C(=O)N2CCCC3=C[C@H]4C[C@H](CN5CCCC[C@H]45)[C@H]32)CN1Cc1ccc2c(c1)OCO2. The molecule has 0 aromatic heterocycles. The normalized spacial score (nSPS) is 33.9. The van der Waals surface area contributed by atoms with E-state index < -0.39 is 0 Å². The highest BCUT2D eigenvalue weighted by Crippen LogP contribution is 2.45. The number of carbonyl (C=O) groups is 2. The van der Waals surface area contributed by atoms with Crippen LogP contribution in [0.2, 0.25) is 0 Å². The molecule has 0 N–H and O–H groups in total. The van der Waals surface area contributed by atoms with E-state index >= 15 is 0 Å². The minimum absolute atomic E-state index is 0.0753. The van der Waals surface area contributed by atoms with Crippen LogP contribution in [0.25, 0.3) is 0 Å². The molecule has 4 saturated heterocycles. The van der Waals surface area contributed by atoms with Crippen LogP contribution in [-0.2, 0) is 16.1 Å². The Bertz CT molecular complexity index is 1070. The minimum atomic E-state index is -0.236. The smallest absolute Gasteiger partial charge is 0.231 e. The lowest BCUT2D eigenvalue weighted by Gasteiger charge is -2.55. The quantitative estimate of drug-likeness (QED) is 0.626. The Hall–Kier alpha value is -2.54. The number of piperidine rings is 3. The van der Waals surface area contributed by atoms with Gasteiger partial charge in [-0.2, -0.15) is 0 Å². The molecule has 186 valence electrons. The molecule has 2 bridgehead atoms. The first-order valence-corrected chi connectivity index (χ1v) is 13.6. The summed E-state index contributed by atoms with van der Waals surface area (Å²) in [4.78, 5) is 33.5. The number of fused-ring (bicyclic) bond motifs is 7. The zero-order chi connectivity index (χ0) is 23.5. The number of nitrogens with zero attached hydrogens (tertiary/aromatic N) is 3. The lowest BCUT2D eigenvalue weighted by molar-refractivity contribution is -0.140. The second kappa shape index (κ2) is 8.54. The van der Waals surface area contributed by atoms with Crippen molar-refractivity contribution in [2.45, 2.75) is 63.6 Å². The van der Waals surface area contributed by atoms with E-state index in [0.717, 1.165) is 49.0 Å². The van der Waals surface area contributed by atoms with Gasteiger partial charge in [-0.15, -0.1) is 0 Å². The fourth-order valence-corrected chi connectivity index (χ4v) is 7.81. The molecular formula is C28H35N3O4. The lowest BCUT2D eigenvalue weighted by atomic mass is 9.68. The Labute approximate surface area is 207 Å². The van der Waals surface area contributed by atoms with Gasteiger partial charge < -0.3 is 19.3 Å². The molecule has 6 aliphatic rings. The fourth-order valence-electron chi connectivity index (χ4n) is 7.81. The summed E-state index contributed by atoms with van der Waals surface area (Å²) in [6.45, 7) is 4.44. The van der Waals surface area contributed by atoms with Gasteiger partial charge in [0.25, 0.3) is 0 Å². The summed E-state index contributed by atoms with van der Waals surface area (Å²) in [5.74, 6) is 2.72. The van der Waals surface area contributed by atoms with Gasteiger partial charge in [-0.05, 0) is 68.2 Å². The molecule has 0 saturated carbocycles. The van der Waals surface area contributed by atoms with E-state index in [-0.39, 0.29) is 30.6 Å². The maximum atomic E-state index is 13.9. The molecule has 7 rings (SSSR count). The molecule has 1 aromatic rings. The van der Waals surface area contributed by atoms with E-state index in [0.29, 0.717) is 31.3 Å². The van der Waals surface area contributed by atoms with Gasteiger partial charge in [0.1, 0.15) is 0 Å². The molecule has 5 aliphatic heterocycles. The Morgan fingerprint density at radius 2 is 1.97 bits per heavy atom. The third-order valence-corrected chi connectivity index (χ3v) is 9.31. The van der Waals surface area contributed by atoms with Gasteiger partial charge in [0.15, 0.2) is 11.5 Å². The van der Waals surface area contributed by atoms with Gasteiger partial charge in [-0.1, -0.05) is 24.1 Å². The molecule has 5 heterocycles. The van der Waals surface area contributed by atoms with Crippen molar-refractivity contribution in [3.05, 3.63) is 35.4 Å². The van der Waals surface area contributed by atoms with Gasteiger partial charge in [0, 0.05) is 38.6 Å². The van der Waals surface area contributed by atoms with Crippen LogP contribution in [0.3, 0.4) is 0 Å². The topological polar surface area (TPSA) is 62.3 Å². The van der Waals surface area contributed by atoms with E-state index in [1.165, 1.54) is 37.8 Å². The molecule has 0 spiro atoms. The number of ether oxygens (including phenoxy) is 2. The van der Waals surface area contributed by atoms with E-state index in [1.807, 2.05) is 23.1 Å². The molecule has 35 heavy (non-hydrogen) atoms. The first-order chi connectivity index (χ1) is 17.1. The summed E-state index contributed by atoms with van der Waals surface area (Å²) in [5, 5.41) is 0. The van der Waals surface area contributed by atoms with Crippen LogP contribution < -0.4 is 9.47 Å². The van der Waals surface area contributed by atoms with E-state index in [1.54, 1.807) is 0 Å². The molecule has 1 aliphatic carbocycles. The zero-order valence-electron chi connectivity index (χ0n) is 20.4. The lowest BCUT2D eigenvalue weighted by Crippen LogP contribution is -2.60. The minimum Gasteiger partial charge on any atom is -0.454 e. The summed E-state index contributed by atoms with van der Waals surface area (Å²) in [7, 11) is 0. The maximum Gasteiger partial charge on any atom is 0.231 e. The number of hydrogen-bond acceptors (Lipinski definition) is 5. The second-order valence-electron chi connectivity index (χ2n) is 11.4. The number of rotatable bonds is 3. The predicted molar refractivity (Wildman–Crippen MR) is 130 cm³/mol. The molecule has 7 nitrogen and oxygen atoms in total. The number of hydrogen-bond donors (Lipinski definition) is 0. The Morgan fingerprint density at radius 1 is 1.06 bits per heavy atom. The van der Waals surface area contributed by atoms with Crippen molar-refractivity contribution in [2.24, 2.45) is 17.8 Å². The first kappa shape index (κ1) is 21.7. The summed E-state index contributed by atoms with van der Waals surface area (Å²) < 4.78 is 10.9. The number of likely N-dealkylation sites (tertiary alicyclic amines) is 2. The van der Waals surface area contributed by atoms with Gasteiger partial charge in [0.05, 0.1) is 12.0 Å². The maximum absolute atomic E-state index is 13.9.